The van der Waals surface area contributed by atoms with Gasteiger partial charge in [-0.25, -0.2) is 8.42 Å². The van der Waals surface area contributed by atoms with Crippen LogP contribution in [0.4, 0.5) is 0 Å². The SMILES string of the molecule is CC1(C)Oc2ccc(S(=O)(=O)c3cccnc3)cc2[C@@H](N2CCCC2=O)[C@@H]1O. The summed E-state index contributed by atoms with van der Waals surface area (Å²) in [5, 5.41) is 11.0. The highest BCUT2D eigenvalue weighted by molar-refractivity contribution is 7.91. The van der Waals surface area contributed by atoms with Gasteiger partial charge < -0.3 is 14.7 Å². The maximum absolute atomic E-state index is 13.0. The van der Waals surface area contributed by atoms with Crippen LogP contribution in [0.25, 0.3) is 0 Å². The van der Waals surface area contributed by atoms with Crippen molar-refractivity contribution < 1.29 is 23.1 Å². The third kappa shape index (κ3) is 2.97. The summed E-state index contributed by atoms with van der Waals surface area (Å²) < 4.78 is 31.9. The molecule has 0 spiro atoms. The van der Waals surface area contributed by atoms with Gasteiger partial charge in [0.15, 0.2) is 0 Å². The monoisotopic (exact) mass is 402 g/mol. The van der Waals surface area contributed by atoms with Crippen molar-refractivity contribution in [1.29, 1.82) is 0 Å². The van der Waals surface area contributed by atoms with Gasteiger partial charge in [0.25, 0.3) is 0 Å². The van der Waals surface area contributed by atoms with E-state index in [1.54, 1.807) is 30.9 Å². The molecule has 1 aromatic carbocycles. The lowest BCUT2D eigenvalue weighted by Gasteiger charge is -2.45. The predicted octanol–water partition coefficient (Wildman–Crippen LogP) is 2.11. The number of ether oxygens (including phenoxy) is 1. The molecule has 2 atom stereocenters. The zero-order valence-electron chi connectivity index (χ0n) is 15.7. The highest BCUT2D eigenvalue weighted by atomic mass is 32.2. The third-order valence-corrected chi connectivity index (χ3v) is 7.12. The first-order chi connectivity index (χ1) is 13.2. The minimum Gasteiger partial charge on any atom is -0.485 e. The third-order valence-electron chi connectivity index (χ3n) is 5.39. The number of hydrogen-bond acceptors (Lipinski definition) is 6. The number of carbonyl (C=O) groups excluding carboxylic acids is 1. The van der Waals surface area contributed by atoms with Crippen molar-refractivity contribution in [3.63, 3.8) is 0 Å². The highest BCUT2D eigenvalue weighted by Crippen LogP contribution is 2.45. The molecule has 3 heterocycles. The first-order valence-electron chi connectivity index (χ1n) is 9.17. The molecule has 2 aliphatic heterocycles. The van der Waals surface area contributed by atoms with Crippen LogP contribution in [0.2, 0.25) is 0 Å². The lowest BCUT2D eigenvalue weighted by Crippen LogP contribution is -2.53. The first-order valence-corrected chi connectivity index (χ1v) is 10.7. The number of rotatable bonds is 3. The molecular weight excluding hydrogens is 380 g/mol. The molecule has 1 N–H and O–H groups in total. The molecule has 1 saturated heterocycles. The molecule has 1 fully saturated rings. The number of fused-ring (bicyclic) bond motifs is 1. The van der Waals surface area contributed by atoms with Crippen LogP contribution in [0.5, 0.6) is 5.75 Å². The van der Waals surface area contributed by atoms with Crippen molar-refractivity contribution in [3.8, 4) is 5.75 Å². The Balaban J connectivity index is 1.85. The minimum atomic E-state index is -3.78. The number of likely N-dealkylation sites (tertiary alicyclic amines) is 1. The van der Waals surface area contributed by atoms with Crippen LogP contribution in [0, 0.1) is 0 Å². The van der Waals surface area contributed by atoms with Crippen molar-refractivity contribution >= 4 is 15.7 Å². The molecular formula is C20H22N2O5S. The Labute approximate surface area is 163 Å². The molecule has 0 aliphatic carbocycles. The summed E-state index contributed by atoms with van der Waals surface area (Å²) in [6.07, 6.45) is 2.95. The van der Waals surface area contributed by atoms with E-state index in [1.807, 2.05) is 0 Å². The summed E-state index contributed by atoms with van der Waals surface area (Å²) >= 11 is 0. The van der Waals surface area contributed by atoms with Gasteiger partial charge in [0.2, 0.25) is 15.7 Å². The fourth-order valence-corrected chi connectivity index (χ4v) is 5.11. The van der Waals surface area contributed by atoms with E-state index in [1.165, 1.54) is 30.6 Å². The number of benzene rings is 1. The Morgan fingerprint density at radius 3 is 2.68 bits per heavy atom. The molecule has 148 valence electrons. The van der Waals surface area contributed by atoms with Gasteiger partial charge in [0.1, 0.15) is 17.5 Å². The average Bonchev–Trinajstić information content (AvgIpc) is 3.08. The summed E-state index contributed by atoms with van der Waals surface area (Å²) in [6.45, 7) is 4.04. The second-order valence-electron chi connectivity index (χ2n) is 7.68. The molecule has 28 heavy (non-hydrogen) atoms. The molecule has 2 aliphatic rings. The predicted molar refractivity (Wildman–Crippen MR) is 101 cm³/mol. The molecule has 8 heteroatoms. The number of amides is 1. The lowest BCUT2D eigenvalue weighted by molar-refractivity contribution is -0.139. The van der Waals surface area contributed by atoms with Crippen LogP contribution in [0.3, 0.4) is 0 Å². The number of sulfone groups is 1. The number of hydrogen-bond donors (Lipinski definition) is 1. The molecule has 4 rings (SSSR count). The number of pyridine rings is 1. The molecule has 2 aromatic rings. The van der Waals surface area contributed by atoms with Gasteiger partial charge >= 0.3 is 0 Å². The van der Waals surface area contributed by atoms with Crippen molar-refractivity contribution in [1.82, 2.24) is 9.88 Å². The van der Waals surface area contributed by atoms with Crippen LogP contribution in [-0.4, -0.2) is 47.6 Å². The van der Waals surface area contributed by atoms with E-state index in [2.05, 4.69) is 4.98 Å². The van der Waals surface area contributed by atoms with Crippen LogP contribution >= 0.6 is 0 Å². The second-order valence-corrected chi connectivity index (χ2v) is 9.63. The molecule has 1 aromatic heterocycles. The molecule has 0 bridgehead atoms. The van der Waals surface area contributed by atoms with E-state index in [9.17, 15) is 18.3 Å². The van der Waals surface area contributed by atoms with Crippen molar-refractivity contribution in [3.05, 3.63) is 48.3 Å². The fourth-order valence-electron chi connectivity index (χ4n) is 3.86. The molecule has 0 saturated carbocycles. The van der Waals surface area contributed by atoms with E-state index >= 15 is 0 Å². The number of aromatic nitrogens is 1. The van der Waals surface area contributed by atoms with Gasteiger partial charge in [0, 0.05) is 30.9 Å². The quantitative estimate of drug-likeness (QED) is 0.845. The van der Waals surface area contributed by atoms with Crippen molar-refractivity contribution in [2.24, 2.45) is 0 Å². The first kappa shape index (κ1) is 18.9. The van der Waals surface area contributed by atoms with E-state index < -0.39 is 27.6 Å². The van der Waals surface area contributed by atoms with Crippen LogP contribution in [0.1, 0.15) is 38.3 Å². The standard InChI is InChI=1S/C20H22N2O5S/c1-20(2)19(24)18(22-10-4-6-17(22)23)15-11-13(7-8-16(15)27-20)28(25,26)14-5-3-9-21-12-14/h3,5,7-9,11-12,18-19,24H,4,6,10H2,1-2H3/t18-,19+/m1/s1. The Morgan fingerprint density at radius 2 is 2.04 bits per heavy atom. The Hall–Kier alpha value is -2.45. The Bertz CT molecular complexity index is 1020. The Morgan fingerprint density at radius 1 is 1.25 bits per heavy atom. The summed E-state index contributed by atoms with van der Waals surface area (Å²) in [5.41, 5.74) is -0.406. The number of carbonyl (C=O) groups is 1. The van der Waals surface area contributed by atoms with Gasteiger partial charge in [-0.1, -0.05) is 0 Å². The van der Waals surface area contributed by atoms with Gasteiger partial charge in [0.05, 0.1) is 15.8 Å². The topological polar surface area (TPSA) is 96.8 Å². The normalized spacial score (nSPS) is 24.0. The molecule has 1 amide bonds. The number of nitrogens with zero attached hydrogens (tertiary/aromatic N) is 2. The van der Waals surface area contributed by atoms with Crippen molar-refractivity contribution in [2.75, 3.05) is 6.54 Å². The maximum atomic E-state index is 13.0. The molecule has 0 radical (unpaired) electrons. The zero-order valence-corrected chi connectivity index (χ0v) is 16.5. The lowest BCUT2D eigenvalue weighted by atomic mass is 9.85. The van der Waals surface area contributed by atoms with Gasteiger partial charge in [-0.15, -0.1) is 0 Å². The van der Waals surface area contributed by atoms with Crippen LogP contribution in [-0.2, 0) is 14.6 Å². The van der Waals surface area contributed by atoms with Crippen molar-refractivity contribution in [2.45, 2.75) is 54.2 Å². The van der Waals surface area contributed by atoms with Gasteiger partial charge in [-0.05, 0) is 50.6 Å². The number of aliphatic hydroxyl groups is 1. The second kappa shape index (κ2) is 6.56. The van der Waals surface area contributed by atoms with E-state index in [4.69, 9.17) is 4.74 Å². The maximum Gasteiger partial charge on any atom is 0.223 e. The van der Waals surface area contributed by atoms with Crippen LogP contribution < -0.4 is 4.74 Å². The smallest absolute Gasteiger partial charge is 0.223 e. The van der Waals surface area contributed by atoms with E-state index in [-0.39, 0.29) is 15.7 Å². The van der Waals surface area contributed by atoms with E-state index in [0.29, 0.717) is 30.7 Å². The highest BCUT2D eigenvalue weighted by Gasteiger charge is 2.47. The molecule has 0 unspecified atom stereocenters. The van der Waals surface area contributed by atoms with E-state index in [0.717, 1.165) is 0 Å². The average molecular weight is 402 g/mol. The zero-order chi connectivity index (χ0) is 20.1. The summed E-state index contributed by atoms with van der Waals surface area (Å²) in [7, 11) is -3.78. The van der Waals surface area contributed by atoms with Crippen LogP contribution in [0.15, 0.2) is 52.5 Å². The van der Waals surface area contributed by atoms with Gasteiger partial charge in [-0.3, -0.25) is 9.78 Å². The molecule has 7 nitrogen and oxygen atoms in total. The Kier molecular flexibility index (Phi) is 4.43. The van der Waals surface area contributed by atoms with Gasteiger partial charge in [-0.2, -0.15) is 0 Å². The largest absolute Gasteiger partial charge is 0.485 e. The summed E-state index contributed by atoms with van der Waals surface area (Å²) in [4.78, 5) is 18.1. The fraction of sp³-hybridized carbons (Fsp3) is 0.400. The summed E-state index contributed by atoms with van der Waals surface area (Å²) in [6, 6.07) is 6.98. The summed E-state index contributed by atoms with van der Waals surface area (Å²) in [5.74, 6) is 0.429. The number of aliphatic hydroxyl groups excluding tert-OH is 1. The minimum absolute atomic E-state index is 0.0479.